The van der Waals surface area contributed by atoms with Crippen molar-refractivity contribution in [2.45, 2.75) is 38.1 Å². The van der Waals surface area contributed by atoms with Gasteiger partial charge in [0.05, 0.1) is 0 Å². The molecule has 82 valence electrons. The van der Waals surface area contributed by atoms with Gasteiger partial charge in [0.15, 0.2) is 0 Å². The quantitative estimate of drug-likeness (QED) is 0.787. The Morgan fingerprint density at radius 2 is 1.80 bits per heavy atom. The van der Waals surface area contributed by atoms with Gasteiger partial charge in [-0.3, -0.25) is 0 Å². The molecule has 2 nitrogen and oxygen atoms in total. The summed E-state index contributed by atoms with van der Waals surface area (Å²) in [5.74, 6) is 0. The van der Waals surface area contributed by atoms with E-state index in [2.05, 4.69) is 34.9 Å². The number of benzene rings is 1. The molecule has 0 bridgehead atoms. The average molecular weight is 204 g/mol. The Hall–Kier alpha value is -1.18. The fourth-order valence-corrected chi connectivity index (χ4v) is 2.25. The van der Waals surface area contributed by atoms with E-state index in [0.717, 1.165) is 0 Å². The third-order valence-electron chi connectivity index (χ3n) is 3.13. The highest BCUT2D eigenvalue weighted by Crippen LogP contribution is 2.22. The van der Waals surface area contributed by atoms with Gasteiger partial charge >= 0.3 is 0 Å². The minimum atomic E-state index is 0.686. The van der Waals surface area contributed by atoms with Crippen LogP contribution in [0.25, 0.3) is 0 Å². The van der Waals surface area contributed by atoms with E-state index < -0.39 is 0 Å². The summed E-state index contributed by atoms with van der Waals surface area (Å²) in [5, 5.41) is 6.78. The SMILES string of the molecule is CNc1cccc(NC2CCCCC2)c1. The third kappa shape index (κ3) is 2.88. The molecule has 1 aliphatic rings. The van der Waals surface area contributed by atoms with Crippen LogP contribution in [0.3, 0.4) is 0 Å². The predicted octanol–water partition coefficient (Wildman–Crippen LogP) is 3.47. The van der Waals surface area contributed by atoms with Crippen molar-refractivity contribution in [3.63, 3.8) is 0 Å². The van der Waals surface area contributed by atoms with Crippen LogP contribution in [0.4, 0.5) is 11.4 Å². The highest BCUT2D eigenvalue weighted by molar-refractivity contribution is 5.56. The summed E-state index contributed by atoms with van der Waals surface area (Å²) in [5.41, 5.74) is 2.42. The number of anilines is 2. The summed E-state index contributed by atoms with van der Waals surface area (Å²) in [7, 11) is 1.96. The first-order chi connectivity index (χ1) is 7.38. The summed E-state index contributed by atoms with van der Waals surface area (Å²) in [6.07, 6.45) is 6.81. The molecule has 15 heavy (non-hydrogen) atoms. The number of nitrogens with one attached hydrogen (secondary N) is 2. The molecule has 1 aromatic carbocycles. The van der Waals surface area contributed by atoms with Crippen LogP contribution in [0.5, 0.6) is 0 Å². The van der Waals surface area contributed by atoms with Crippen LogP contribution in [0.15, 0.2) is 24.3 Å². The third-order valence-corrected chi connectivity index (χ3v) is 3.13. The summed E-state index contributed by atoms with van der Waals surface area (Å²) in [6.45, 7) is 0. The van der Waals surface area contributed by atoms with Crippen LogP contribution in [0.1, 0.15) is 32.1 Å². The number of hydrogen-bond donors (Lipinski definition) is 2. The van der Waals surface area contributed by atoms with Gasteiger partial charge in [0.1, 0.15) is 0 Å². The molecule has 0 unspecified atom stereocenters. The Balaban J connectivity index is 1.96. The monoisotopic (exact) mass is 204 g/mol. The first kappa shape index (κ1) is 10.3. The van der Waals surface area contributed by atoms with Crippen molar-refractivity contribution in [3.05, 3.63) is 24.3 Å². The Labute approximate surface area is 92.1 Å². The zero-order chi connectivity index (χ0) is 10.5. The van der Waals surface area contributed by atoms with E-state index in [0.29, 0.717) is 6.04 Å². The topological polar surface area (TPSA) is 24.1 Å². The Morgan fingerprint density at radius 3 is 2.53 bits per heavy atom. The highest BCUT2D eigenvalue weighted by Gasteiger charge is 2.12. The maximum Gasteiger partial charge on any atom is 0.0363 e. The maximum atomic E-state index is 3.62. The molecular weight excluding hydrogens is 184 g/mol. The predicted molar refractivity (Wildman–Crippen MR) is 66.5 cm³/mol. The van der Waals surface area contributed by atoms with Crippen molar-refractivity contribution in [3.8, 4) is 0 Å². The van der Waals surface area contributed by atoms with E-state index >= 15 is 0 Å². The van der Waals surface area contributed by atoms with Gasteiger partial charge in [0.25, 0.3) is 0 Å². The summed E-state index contributed by atoms with van der Waals surface area (Å²) >= 11 is 0. The molecule has 0 radical (unpaired) electrons. The van der Waals surface area contributed by atoms with Crippen LogP contribution >= 0.6 is 0 Å². The van der Waals surface area contributed by atoms with Crippen LogP contribution in [-0.4, -0.2) is 13.1 Å². The maximum absolute atomic E-state index is 3.62. The number of rotatable bonds is 3. The van der Waals surface area contributed by atoms with Gasteiger partial charge in [0.2, 0.25) is 0 Å². The zero-order valence-electron chi connectivity index (χ0n) is 9.42. The van der Waals surface area contributed by atoms with E-state index in [-0.39, 0.29) is 0 Å². The van der Waals surface area contributed by atoms with Gasteiger partial charge in [-0.05, 0) is 31.0 Å². The van der Waals surface area contributed by atoms with E-state index in [1.54, 1.807) is 0 Å². The number of hydrogen-bond acceptors (Lipinski definition) is 2. The Bertz CT molecular complexity index is 303. The summed E-state index contributed by atoms with van der Waals surface area (Å²) < 4.78 is 0. The smallest absolute Gasteiger partial charge is 0.0363 e. The first-order valence-corrected chi connectivity index (χ1v) is 5.93. The van der Waals surface area contributed by atoms with Crippen molar-refractivity contribution >= 4 is 11.4 Å². The van der Waals surface area contributed by atoms with E-state index in [9.17, 15) is 0 Å². The first-order valence-electron chi connectivity index (χ1n) is 5.93. The summed E-state index contributed by atoms with van der Waals surface area (Å²) in [4.78, 5) is 0. The van der Waals surface area contributed by atoms with Crippen LogP contribution in [0.2, 0.25) is 0 Å². The van der Waals surface area contributed by atoms with Crippen molar-refractivity contribution in [1.82, 2.24) is 0 Å². The fourth-order valence-electron chi connectivity index (χ4n) is 2.25. The molecule has 0 aliphatic heterocycles. The van der Waals surface area contributed by atoms with Crippen molar-refractivity contribution in [2.75, 3.05) is 17.7 Å². The molecule has 0 saturated heterocycles. The molecule has 0 atom stereocenters. The van der Waals surface area contributed by atoms with Crippen LogP contribution in [0, 0.1) is 0 Å². The van der Waals surface area contributed by atoms with Crippen LogP contribution < -0.4 is 10.6 Å². The highest BCUT2D eigenvalue weighted by atomic mass is 14.9. The van der Waals surface area contributed by atoms with Gasteiger partial charge in [-0.2, -0.15) is 0 Å². The van der Waals surface area contributed by atoms with Gasteiger partial charge < -0.3 is 10.6 Å². The lowest BCUT2D eigenvalue weighted by atomic mass is 9.95. The van der Waals surface area contributed by atoms with Gasteiger partial charge in [0, 0.05) is 24.5 Å². The van der Waals surface area contributed by atoms with E-state index in [4.69, 9.17) is 0 Å². The molecule has 1 fully saturated rings. The molecule has 1 aromatic rings. The largest absolute Gasteiger partial charge is 0.388 e. The molecule has 0 amide bonds. The van der Waals surface area contributed by atoms with Gasteiger partial charge in [-0.15, -0.1) is 0 Å². The molecular formula is C13H20N2. The molecule has 2 N–H and O–H groups in total. The zero-order valence-corrected chi connectivity index (χ0v) is 9.42. The second kappa shape index (κ2) is 5.06. The normalized spacial score (nSPS) is 17.4. The second-order valence-corrected chi connectivity index (χ2v) is 4.31. The fraction of sp³-hybridized carbons (Fsp3) is 0.538. The molecule has 2 heteroatoms. The minimum Gasteiger partial charge on any atom is -0.388 e. The molecule has 2 rings (SSSR count). The Kier molecular flexibility index (Phi) is 3.49. The lowest BCUT2D eigenvalue weighted by Crippen LogP contribution is -2.22. The van der Waals surface area contributed by atoms with Crippen molar-refractivity contribution in [2.24, 2.45) is 0 Å². The van der Waals surface area contributed by atoms with Gasteiger partial charge in [-0.1, -0.05) is 25.3 Å². The van der Waals surface area contributed by atoms with E-state index in [1.165, 1.54) is 43.5 Å². The molecule has 0 heterocycles. The second-order valence-electron chi connectivity index (χ2n) is 4.31. The van der Waals surface area contributed by atoms with Gasteiger partial charge in [-0.25, -0.2) is 0 Å². The Morgan fingerprint density at radius 1 is 1.07 bits per heavy atom. The van der Waals surface area contributed by atoms with Crippen molar-refractivity contribution < 1.29 is 0 Å². The lowest BCUT2D eigenvalue weighted by molar-refractivity contribution is 0.463. The lowest BCUT2D eigenvalue weighted by Gasteiger charge is -2.24. The average Bonchev–Trinajstić information content (AvgIpc) is 2.31. The summed E-state index contributed by atoms with van der Waals surface area (Å²) in [6, 6.07) is 9.19. The minimum absolute atomic E-state index is 0.686. The molecule has 0 spiro atoms. The standard InChI is InChI=1S/C13H20N2/c1-14-12-8-5-9-13(10-12)15-11-6-3-2-4-7-11/h5,8-11,14-15H,2-4,6-7H2,1H3. The molecule has 1 aliphatic carbocycles. The van der Waals surface area contributed by atoms with Crippen LogP contribution in [-0.2, 0) is 0 Å². The van der Waals surface area contributed by atoms with E-state index in [1.807, 2.05) is 7.05 Å². The molecule has 1 saturated carbocycles. The molecule has 0 aromatic heterocycles. The van der Waals surface area contributed by atoms with Crippen molar-refractivity contribution in [1.29, 1.82) is 0 Å².